The second-order valence-electron chi connectivity index (χ2n) is 4.76. The molecule has 0 bridgehead atoms. The molecular weight excluding hydrogens is 234 g/mol. The third-order valence-electron chi connectivity index (χ3n) is 3.50. The van der Waals surface area contributed by atoms with Gasteiger partial charge in [-0.2, -0.15) is 0 Å². The Kier molecular flexibility index (Phi) is 3.69. The molecule has 5 heteroatoms. The van der Waals surface area contributed by atoms with Crippen LogP contribution in [0.1, 0.15) is 25.0 Å². The molecule has 0 spiro atoms. The molecule has 1 amide bonds. The van der Waals surface area contributed by atoms with Crippen LogP contribution < -0.4 is 0 Å². The summed E-state index contributed by atoms with van der Waals surface area (Å²) in [6, 6.07) is 3.57. The van der Waals surface area contributed by atoms with Gasteiger partial charge in [0.1, 0.15) is 5.76 Å². The lowest BCUT2D eigenvalue weighted by molar-refractivity contribution is -0.148. The van der Waals surface area contributed by atoms with Crippen molar-refractivity contribution >= 4 is 11.9 Å². The largest absolute Gasteiger partial charge is 0.481 e. The van der Waals surface area contributed by atoms with Crippen molar-refractivity contribution in [3.05, 3.63) is 24.2 Å². The summed E-state index contributed by atoms with van der Waals surface area (Å²) in [5, 5.41) is 9.08. The van der Waals surface area contributed by atoms with E-state index in [-0.39, 0.29) is 11.8 Å². The van der Waals surface area contributed by atoms with E-state index in [1.54, 1.807) is 30.3 Å². The molecule has 1 aliphatic rings. The summed E-state index contributed by atoms with van der Waals surface area (Å²) in [5.74, 6) is -1.18. The monoisotopic (exact) mass is 251 g/mol. The van der Waals surface area contributed by atoms with E-state index in [0.717, 1.165) is 6.42 Å². The van der Waals surface area contributed by atoms with E-state index in [9.17, 15) is 9.59 Å². The molecule has 2 rings (SSSR count). The summed E-state index contributed by atoms with van der Waals surface area (Å²) in [6.07, 6.45) is 3.63. The maximum Gasteiger partial charge on any atom is 0.307 e. The molecule has 1 N–H and O–H groups in total. The van der Waals surface area contributed by atoms with Crippen LogP contribution in [0.3, 0.4) is 0 Å². The molecular formula is C13H17NO4. The van der Waals surface area contributed by atoms with E-state index in [1.807, 2.05) is 0 Å². The van der Waals surface area contributed by atoms with Gasteiger partial charge in [0.25, 0.3) is 0 Å². The topological polar surface area (TPSA) is 70.8 Å². The van der Waals surface area contributed by atoms with Gasteiger partial charge >= 0.3 is 5.97 Å². The first-order chi connectivity index (χ1) is 8.59. The third-order valence-corrected chi connectivity index (χ3v) is 3.50. The van der Waals surface area contributed by atoms with E-state index in [2.05, 4.69) is 0 Å². The average Bonchev–Trinajstić information content (AvgIpc) is 2.97. The van der Waals surface area contributed by atoms with E-state index in [1.165, 1.54) is 0 Å². The quantitative estimate of drug-likeness (QED) is 0.884. The zero-order valence-corrected chi connectivity index (χ0v) is 10.3. The summed E-state index contributed by atoms with van der Waals surface area (Å²) in [5.41, 5.74) is 0. The Bertz CT molecular complexity index is 426. The maximum atomic E-state index is 12.2. The van der Waals surface area contributed by atoms with Crippen molar-refractivity contribution in [3.8, 4) is 0 Å². The number of carboxylic acids is 1. The predicted octanol–water partition coefficient (Wildman–Crippen LogP) is 1.74. The summed E-state index contributed by atoms with van der Waals surface area (Å²) >= 11 is 0. The van der Waals surface area contributed by atoms with Crippen LogP contribution in [0.5, 0.6) is 0 Å². The number of nitrogens with zero attached hydrogens (tertiary/aromatic N) is 1. The van der Waals surface area contributed by atoms with Crippen LogP contribution in [0.25, 0.3) is 0 Å². The van der Waals surface area contributed by atoms with Gasteiger partial charge in [-0.05, 0) is 25.0 Å². The average molecular weight is 251 g/mol. The number of amides is 1. The normalized spacial score (nSPS) is 22.9. The summed E-state index contributed by atoms with van der Waals surface area (Å²) in [7, 11) is 1.68. The number of carboxylic acid groups (broad SMARTS) is 1. The van der Waals surface area contributed by atoms with Gasteiger partial charge in [-0.15, -0.1) is 0 Å². The van der Waals surface area contributed by atoms with Gasteiger partial charge in [-0.3, -0.25) is 9.59 Å². The Balaban J connectivity index is 1.99. The first-order valence-corrected chi connectivity index (χ1v) is 6.09. The van der Waals surface area contributed by atoms with Gasteiger partial charge in [0, 0.05) is 7.05 Å². The number of furan rings is 1. The number of hydrogen-bond donors (Lipinski definition) is 1. The molecule has 0 saturated heterocycles. The van der Waals surface area contributed by atoms with E-state index >= 15 is 0 Å². The summed E-state index contributed by atoms with van der Waals surface area (Å²) in [6.45, 7) is 0.384. The number of rotatable bonds is 4. The molecule has 1 fully saturated rings. The zero-order valence-electron chi connectivity index (χ0n) is 10.3. The van der Waals surface area contributed by atoms with Crippen LogP contribution >= 0.6 is 0 Å². The van der Waals surface area contributed by atoms with Crippen molar-refractivity contribution < 1.29 is 19.1 Å². The van der Waals surface area contributed by atoms with Gasteiger partial charge in [0.05, 0.1) is 24.6 Å². The second-order valence-corrected chi connectivity index (χ2v) is 4.76. The number of carbonyl (C=O) groups is 2. The number of carbonyl (C=O) groups excluding carboxylic acids is 1. The van der Waals surface area contributed by atoms with Crippen LogP contribution in [0, 0.1) is 11.8 Å². The van der Waals surface area contributed by atoms with Crippen LogP contribution in [0.2, 0.25) is 0 Å². The second kappa shape index (κ2) is 5.25. The van der Waals surface area contributed by atoms with Crippen LogP contribution in [0.4, 0.5) is 0 Å². The highest BCUT2D eigenvalue weighted by Gasteiger charge is 2.39. The minimum Gasteiger partial charge on any atom is -0.481 e. The molecule has 1 aliphatic carbocycles. The SMILES string of the molecule is CN(Cc1ccco1)C(=O)C1CCCC1C(=O)O. The van der Waals surface area contributed by atoms with Crippen molar-refractivity contribution in [1.82, 2.24) is 4.90 Å². The smallest absolute Gasteiger partial charge is 0.307 e. The molecule has 1 aromatic heterocycles. The number of aliphatic carboxylic acids is 1. The highest BCUT2D eigenvalue weighted by atomic mass is 16.4. The van der Waals surface area contributed by atoms with Crippen molar-refractivity contribution in [2.24, 2.45) is 11.8 Å². The van der Waals surface area contributed by atoms with Crippen LogP contribution in [0.15, 0.2) is 22.8 Å². The molecule has 2 unspecified atom stereocenters. The predicted molar refractivity (Wildman–Crippen MR) is 63.6 cm³/mol. The van der Waals surface area contributed by atoms with E-state index in [4.69, 9.17) is 9.52 Å². The number of hydrogen-bond acceptors (Lipinski definition) is 3. The minimum atomic E-state index is -0.864. The summed E-state index contributed by atoms with van der Waals surface area (Å²) in [4.78, 5) is 24.8. The Morgan fingerprint density at radius 3 is 2.78 bits per heavy atom. The Labute approximate surface area is 105 Å². The van der Waals surface area contributed by atoms with Gasteiger partial charge in [-0.1, -0.05) is 6.42 Å². The zero-order chi connectivity index (χ0) is 13.1. The Morgan fingerprint density at radius 2 is 2.17 bits per heavy atom. The molecule has 1 aromatic rings. The van der Waals surface area contributed by atoms with E-state index < -0.39 is 11.9 Å². The third kappa shape index (κ3) is 2.55. The van der Waals surface area contributed by atoms with Crippen molar-refractivity contribution in [1.29, 1.82) is 0 Å². The van der Waals surface area contributed by atoms with Crippen molar-refractivity contribution in [3.63, 3.8) is 0 Å². The molecule has 1 heterocycles. The van der Waals surface area contributed by atoms with Crippen molar-refractivity contribution in [2.75, 3.05) is 7.05 Å². The molecule has 5 nitrogen and oxygen atoms in total. The highest BCUT2D eigenvalue weighted by Crippen LogP contribution is 2.33. The molecule has 1 saturated carbocycles. The van der Waals surface area contributed by atoms with Gasteiger partial charge in [0.15, 0.2) is 0 Å². The molecule has 18 heavy (non-hydrogen) atoms. The van der Waals surface area contributed by atoms with Gasteiger partial charge in [-0.25, -0.2) is 0 Å². The van der Waals surface area contributed by atoms with Crippen molar-refractivity contribution in [2.45, 2.75) is 25.8 Å². The Hall–Kier alpha value is -1.78. The van der Waals surface area contributed by atoms with E-state index in [0.29, 0.717) is 25.1 Å². The lowest BCUT2D eigenvalue weighted by Gasteiger charge is -2.22. The minimum absolute atomic E-state index is 0.101. The molecule has 0 aliphatic heterocycles. The molecule has 0 aromatic carbocycles. The van der Waals surface area contributed by atoms with Gasteiger partial charge in [0.2, 0.25) is 5.91 Å². The Morgan fingerprint density at radius 1 is 1.44 bits per heavy atom. The highest BCUT2D eigenvalue weighted by molar-refractivity contribution is 5.85. The summed E-state index contributed by atoms with van der Waals surface area (Å²) < 4.78 is 5.18. The fourth-order valence-corrected chi connectivity index (χ4v) is 2.55. The van der Waals surface area contributed by atoms with Crippen LogP contribution in [-0.2, 0) is 16.1 Å². The lowest BCUT2D eigenvalue weighted by Crippen LogP contribution is -2.36. The molecule has 98 valence electrons. The molecule has 0 radical (unpaired) electrons. The van der Waals surface area contributed by atoms with Gasteiger partial charge < -0.3 is 14.4 Å². The maximum absolute atomic E-state index is 12.2. The van der Waals surface area contributed by atoms with Crippen LogP contribution in [-0.4, -0.2) is 28.9 Å². The fraction of sp³-hybridized carbons (Fsp3) is 0.538. The standard InChI is InChI=1S/C13H17NO4/c1-14(8-9-4-3-7-18-9)12(15)10-5-2-6-11(10)13(16)17/h3-4,7,10-11H,2,5-6,8H2,1H3,(H,16,17). The first-order valence-electron chi connectivity index (χ1n) is 6.09. The molecule has 2 atom stereocenters. The first kappa shape index (κ1) is 12.7. The lowest BCUT2D eigenvalue weighted by atomic mass is 9.95. The fourth-order valence-electron chi connectivity index (χ4n) is 2.55.